The highest BCUT2D eigenvalue weighted by atomic mass is 14.1. The van der Waals surface area contributed by atoms with E-state index < -0.39 is 0 Å². The van der Waals surface area contributed by atoms with Crippen LogP contribution in [0.4, 0.5) is 0 Å². The maximum absolute atomic E-state index is 3.44. The van der Waals surface area contributed by atoms with Gasteiger partial charge in [0.2, 0.25) is 0 Å². The van der Waals surface area contributed by atoms with E-state index in [0.29, 0.717) is 5.92 Å². The monoisotopic (exact) mass is 160 g/mol. The van der Waals surface area contributed by atoms with Crippen LogP contribution in [-0.2, 0) is 0 Å². The van der Waals surface area contributed by atoms with Crippen molar-refractivity contribution in [3.05, 3.63) is 42.3 Å². The first-order chi connectivity index (χ1) is 5.83. The molecule has 0 spiro atoms. The molecule has 0 fully saturated rings. The first kappa shape index (κ1) is 9.31. The zero-order valence-corrected chi connectivity index (χ0v) is 7.88. The van der Waals surface area contributed by atoms with Gasteiger partial charge in [-0.2, -0.15) is 0 Å². The molecule has 0 heteroatoms. The zero-order chi connectivity index (χ0) is 8.81. The van der Waals surface area contributed by atoms with Crippen LogP contribution in [-0.4, -0.2) is 0 Å². The molecule has 0 aromatic heterocycles. The van der Waals surface area contributed by atoms with Gasteiger partial charge in [-0.05, 0) is 11.5 Å². The van der Waals surface area contributed by atoms with Crippen LogP contribution in [0.5, 0.6) is 0 Å². The largest absolute Gasteiger partial charge is 0.0654 e. The Labute approximate surface area is 75.6 Å². The number of hydrogen-bond donors (Lipinski definition) is 0. The van der Waals surface area contributed by atoms with E-state index in [2.05, 4.69) is 44.5 Å². The summed E-state index contributed by atoms with van der Waals surface area (Å²) < 4.78 is 0. The van der Waals surface area contributed by atoms with Crippen LogP contribution in [0.1, 0.15) is 32.3 Å². The summed E-state index contributed by atoms with van der Waals surface area (Å²) in [4.78, 5) is 0. The fourth-order valence-electron chi connectivity index (χ4n) is 1.32. The molecule has 0 saturated heterocycles. The molecule has 1 rings (SSSR count). The van der Waals surface area contributed by atoms with Crippen molar-refractivity contribution in [3.8, 4) is 0 Å². The maximum atomic E-state index is 3.44. The van der Waals surface area contributed by atoms with Crippen molar-refractivity contribution in [2.75, 3.05) is 0 Å². The summed E-state index contributed by atoms with van der Waals surface area (Å²) >= 11 is 0. The normalized spacial score (nSPS) is 12.8. The molecular formula is C12H16. The van der Waals surface area contributed by atoms with Crippen LogP contribution >= 0.6 is 0 Å². The van der Waals surface area contributed by atoms with Crippen molar-refractivity contribution in [1.82, 2.24) is 0 Å². The van der Waals surface area contributed by atoms with E-state index in [1.54, 1.807) is 0 Å². The van der Waals surface area contributed by atoms with Crippen molar-refractivity contribution in [3.63, 3.8) is 0 Å². The quantitative estimate of drug-likeness (QED) is 0.632. The molecule has 0 aliphatic rings. The molecule has 12 heavy (non-hydrogen) atoms. The predicted molar refractivity (Wildman–Crippen MR) is 52.9 cm³/mol. The highest BCUT2D eigenvalue weighted by molar-refractivity contribution is 5.22. The molecule has 2 radical (unpaired) electrons. The molecule has 0 aliphatic heterocycles. The van der Waals surface area contributed by atoms with Crippen LogP contribution < -0.4 is 0 Å². The van der Waals surface area contributed by atoms with Gasteiger partial charge >= 0.3 is 0 Å². The summed E-state index contributed by atoms with van der Waals surface area (Å²) in [5.41, 5.74) is 1.22. The highest BCUT2D eigenvalue weighted by Crippen LogP contribution is 2.14. The Kier molecular flexibility index (Phi) is 3.86. The van der Waals surface area contributed by atoms with E-state index in [1.165, 1.54) is 18.4 Å². The van der Waals surface area contributed by atoms with E-state index >= 15 is 0 Å². The first-order valence-corrected chi connectivity index (χ1v) is 4.64. The fourth-order valence-corrected chi connectivity index (χ4v) is 1.32. The molecule has 0 amide bonds. The lowest BCUT2D eigenvalue weighted by molar-refractivity contribution is 0.604. The molecule has 0 heterocycles. The van der Waals surface area contributed by atoms with Crippen molar-refractivity contribution in [2.24, 2.45) is 5.92 Å². The number of rotatable bonds is 4. The second-order valence-corrected chi connectivity index (χ2v) is 3.20. The van der Waals surface area contributed by atoms with Crippen LogP contribution in [0, 0.1) is 12.3 Å². The summed E-state index contributed by atoms with van der Waals surface area (Å²) in [5, 5.41) is 0. The van der Waals surface area contributed by atoms with Gasteiger partial charge in [-0.3, -0.25) is 0 Å². The van der Waals surface area contributed by atoms with Gasteiger partial charge in [0.05, 0.1) is 0 Å². The lowest BCUT2D eigenvalue weighted by Crippen LogP contribution is -1.95. The minimum atomic E-state index is 0.581. The van der Waals surface area contributed by atoms with Crippen molar-refractivity contribution in [1.29, 1.82) is 0 Å². The van der Waals surface area contributed by atoms with E-state index in [0.717, 1.165) is 0 Å². The Morgan fingerprint density at radius 2 is 1.92 bits per heavy atom. The predicted octanol–water partition coefficient (Wildman–Crippen LogP) is 3.55. The van der Waals surface area contributed by atoms with E-state index in [1.807, 2.05) is 6.07 Å². The molecule has 1 aromatic rings. The average molecular weight is 160 g/mol. The third-order valence-electron chi connectivity index (χ3n) is 1.91. The second-order valence-electron chi connectivity index (χ2n) is 3.20. The summed E-state index contributed by atoms with van der Waals surface area (Å²) in [6.07, 6.45) is 5.91. The molecule has 1 aromatic carbocycles. The lowest BCUT2D eigenvalue weighted by Gasteiger charge is -2.07. The van der Waals surface area contributed by atoms with Gasteiger partial charge in [0.15, 0.2) is 0 Å². The Balaban J connectivity index is 2.41. The minimum Gasteiger partial charge on any atom is -0.0654 e. The molecule has 0 N–H and O–H groups in total. The topological polar surface area (TPSA) is 0 Å². The van der Waals surface area contributed by atoms with Crippen molar-refractivity contribution in [2.45, 2.75) is 26.7 Å². The lowest BCUT2D eigenvalue weighted by atomic mass is 9.97. The molecular weight excluding hydrogens is 144 g/mol. The number of benzene rings is 1. The van der Waals surface area contributed by atoms with Crippen LogP contribution in [0.15, 0.2) is 30.3 Å². The van der Waals surface area contributed by atoms with Crippen LogP contribution in [0.25, 0.3) is 0 Å². The maximum Gasteiger partial charge on any atom is 0.0195 e. The van der Waals surface area contributed by atoms with Crippen molar-refractivity contribution < 1.29 is 0 Å². The molecule has 64 valence electrons. The van der Waals surface area contributed by atoms with Gasteiger partial charge in [-0.15, -0.1) is 0 Å². The number of hydrogen-bond acceptors (Lipinski definition) is 0. The van der Waals surface area contributed by atoms with E-state index in [-0.39, 0.29) is 0 Å². The Bertz CT molecular complexity index is 201. The van der Waals surface area contributed by atoms with Gasteiger partial charge in [-0.1, -0.05) is 57.0 Å². The summed E-state index contributed by atoms with van der Waals surface area (Å²) in [7, 11) is 0. The van der Waals surface area contributed by atoms with E-state index in [9.17, 15) is 0 Å². The molecule has 1 unspecified atom stereocenters. The molecule has 1 atom stereocenters. The third kappa shape index (κ3) is 3.08. The Hall–Kier alpha value is -0.780. The fraction of sp³-hybridized carbons (Fsp3) is 0.417. The Morgan fingerprint density at radius 3 is 2.50 bits per heavy atom. The standard InChI is InChI=1S/C12H16/c1-3-7-11(2)10-12-8-5-4-6-9-12/h4-6,8-9,11H,3,7H2,1-2H3. The first-order valence-electron chi connectivity index (χ1n) is 4.64. The third-order valence-corrected chi connectivity index (χ3v) is 1.91. The Morgan fingerprint density at radius 1 is 1.25 bits per heavy atom. The van der Waals surface area contributed by atoms with Gasteiger partial charge in [0.25, 0.3) is 0 Å². The summed E-state index contributed by atoms with van der Waals surface area (Å²) in [5.74, 6) is 0.581. The molecule has 0 aliphatic carbocycles. The summed E-state index contributed by atoms with van der Waals surface area (Å²) in [6, 6.07) is 10.4. The SMILES string of the molecule is CCCC(C)[C]c1ccccc1. The van der Waals surface area contributed by atoms with Crippen molar-refractivity contribution >= 4 is 0 Å². The van der Waals surface area contributed by atoms with Crippen LogP contribution in [0.2, 0.25) is 0 Å². The van der Waals surface area contributed by atoms with E-state index in [4.69, 9.17) is 0 Å². The molecule has 0 bridgehead atoms. The van der Waals surface area contributed by atoms with Gasteiger partial charge < -0.3 is 0 Å². The minimum absolute atomic E-state index is 0.581. The molecule has 0 nitrogen and oxygen atoms in total. The van der Waals surface area contributed by atoms with Crippen LogP contribution in [0.3, 0.4) is 0 Å². The average Bonchev–Trinajstić information content (AvgIpc) is 2.06. The highest BCUT2D eigenvalue weighted by Gasteiger charge is 2.01. The zero-order valence-electron chi connectivity index (χ0n) is 7.88. The van der Waals surface area contributed by atoms with Gasteiger partial charge in [0.1, 0.15) is 0 Å². The van der Waals surface area contributed by atoms with Gasteiger partial charge in [0, 0.05) is 6.42 Å². The molecule has 0 saturated carbocycles. The smallest absolute Gasteiger partial charge is 0.0195 e. The van der Waals surface area contributed by atoms with Gasteiger partial charge in [-0.25, -0.2) is 0 Å². The summed E-state index contributed by atoms with van der Waals surface area (Å²) in [6.45, 7) is 4.43. The second kappa shape index (κ2) is 4.97.